The molecule has 0 saturated carbocycles. The van der Waals surface area contributed by atoms with Gasteiger partial charge in [0.25, 0.3) is 0 Å². The summed E-state index contributed by atoms with van der Waals surface area (Å²) < 4.78 is 59.7. The predicted molar refractivity (Wildman–Crippen MR) is 96.8 cm³/mol. The molecule has 0 aliphatic rings. The van der Waals surface area contributed by atoms with Crippen LogP contribution < -0.4 is 4.74 Å². The molecule has 0 spiro atoms. The van der Waals surface area contributed by atoms with E-state index in [1.165, 1.54) is 42.5 Å². The molecule has 5 nitrogen and oxygen atoms in total. The van der Waals surface area contributed by atoms with Gasteiger partial charge in [-0.3, -0.25) is 0 Å². The van der Waals surface area contributed by atoms with E-state index >= 15 is 0 Å². The molecule has 0 bridgehead atoms. The Bertz CT molecular complexity index is 1130. The fourth-order valence-electron chi connectivity index (χ4n) is 2.62. The van der Waals surface area contributed by atoms with Gasteiger partial charge in [0.05, 0.1) is 4.90 Å². The third-order valence-electron chi connectivity index (χ3n) is 3.89. The molecule has 3 aromatic carbocycles. The Morgan fingerprint density at radius 2 is 1.54 bits per heavy atom. The number of carbonyl (C=O) groups is 1. The molecule has 0 saturated heterocycles. The molecule has 1 N–H and O–H groups in total. The van der Waals surface area contributed by atoms with Gasteiger partial charge >= 0.3 is 5.97 Å². The van der Waals surface area contributed by atoms with Crippen molar-refractivity contribution in [3.05, 3.63) is 78.4 Å². The van der Waals surface area contributed by atoms with Crippen molar-refractivity contribution in [2.75, 3.05) is 6.61 Å². The van der Waals surface area contributed by atoms with Gasteiger partial charge in [-0.15, -0.1) is 0 Å². The van der Waals surface area contributed by atoms with Crippen LogP contribution in [0.15, 0.2) is 76.5 Å². The summed E-state index contributed by atoms with van der Waals surface area (Å²) in [6.45, 7) is -0.665. The first-order valence-corrected chi connectivity index (χ1v) is 9.52. The molecule has 0 aliphatic heterocycles. The van der Waals surface area contributed by atoms with Crippen LogP contribution in [0.1, 0.15) is 0 Å². The summed E-state index contributed by atoms with van der Waals surface area (Å²) in [5.41, 5.74) is -0.144. The zero-order valence-corrected chi connectivity index (χ0v) is 15.1. The Balaban J connectivity index is 2.09. The van der Waals surface area contributed by atoms with Gasteiger partial charge < -0.3 is 9.84 Å². The Morgan fingerprint density at radius 3 is 2.21 bits per heavy atom. The van der Waals surface area contributed by atoms with Gasteiger partial charge in [-0.2, -0.15) is 0 Å². The molecule has 0 heterocycles. The first-order chi connectivity index (χ1) is 13.3. The highest BCUT2D eigenvalue weighted by Crippen LogP contribution is 2.35. The summed E-state index contributed by atoms with van der Waals surface area (Å²) in [5.74, 6) is -3.32. The number of sulfone groups is 1. The highest BCUT2D eigenvalue weighted by molar-refractivity contribution is 7.91. The van der Waals surface area contributed by atoms with Gasteiger partial charge in [-0.1, -0.05) is 36.4 Å². The quantitative estimate of drug-likeness (QED) is 0.673. The van der Waals surface area contributed by atoms with E-state index in [0.717, 1.165) is 6.07 Å². The smallest absolute Gasteiger partial charge is 0.341 e. The molecular formula is C20H14F2O5S. The SMILES string of the molecule is O=C(O)COc1ccccc1-c1cc(F)c(S(=O)(=O)c2ccccc2)cc1F. The van der Waals surface area contributed by atoms with Crippen LogP contribution in [-0.4, -0.2) is 26.1 Å². The number of benzene rings is 3. The van der Waals surface area contributed by atoms with E-state index in [1.54, 1.807) is 12.1 Å². The van der Waals surface area contributed by atoms with Crippen molar-refractivity contribution in [3.63, 3.8) is 0 Å². The van der Waals surface area contributed by atoms with Crippen molar-refractivity contribution in [3.8, 4) is 16.9 Å². The Morgan fingerprint density at radius 1 is 0.893 bits per heavy atom. The van der Waals surface area contributed by atoms with Gasteiger partial charge in [-0.05, 0) is 30.3 Å². The zero-order chi connectivity index (χ0) is 20.3. The summed E-state index contributed by atoms with van der Waals surface area (Å²) in [6, 6.07) is 14.4. The van der Waals surface area contributed by atoms with Crippen LogP contribution in [0.25, 0.3) is 11.1 Å². The van der Waals surface area contributed by atoms with Crippen molar-refractivity contribution in [2.24, 2.45) is 0 Å². The summed E-state index contributed by atoms with van der Waals surface area (Å²) in [5, 5.41) is 8.74. The topological polar surface area (TPSA) is 80.7 Å². The number of carboxylic acid groups (broad SMARTS) is 1. The van der Waals surface area contributed by atoms with Crippen LogP contribution in [0.5, 0.6) is 5.75 Å². The van der Waals surface area contributed by atoms with Gasteiger partial charge in [0.1, 0.15) is 22.3 Å². The molecule has 0 unspecified atom stereocenters. The average molecular weight is 404 g/mol. The van der Waals surface area contributed by atoms with Crippen LogP contribution in [-0.2, 0) is 14.6 Å². The third-order valence-corrected chi connectivity index (χ3v) is 5.68. The molecular weight excluding hydrogens is 390 g/mol. The minimum Gasteiger partial charge on any atom is -0.481 e. The maximum atomic E-state index is 14.7. The lowest BCUT2D eigenvalue weighted by atomic mass is 10.0. The first-order valence-electron chi connectivity index (χ1n) is 8.04. The highest BCUT2D eigenvalue weighted by Gasteiger charge is 2.25. The summed E-state index contributed by atoms with van der Waals surface area (Å²) in [7, 11) is -4.25. The number of para-hydroxylation sites is 1. The normalized spacial score (nSPS) is 11.2. The largest absolute Gasteiger partial charge is 0.481 e. The lowest BCUT2D eigenvalue weighted by Crippen LogP contribution is -2.10. The van der Waals surface area contributed by atoms with E-state index < -0.39 is 38.9 Å². The van der Waals surface area contributed by atoms with Crippen molar-refractivity contribution in [2.45, 2.75) is 9.79 Å². The second kappa shape index (κ2) is 7.77. The number of rotatable bonds is 6. The third kappa shape index (κ3) is 3.86. The molecule has 0 fully saturated rings. The van der Waals surface area contributed by atoms with Crippen molar-refractivity contribution >= 4 is 15.8 Å². The van der Waals surface area contributed by atoms with Crippen LogP contribution in [0, 0.1) is 11.6 Å². The van der Waals surface area contributed by atoms with Gasteiger partial charge in [0.15, 0.2) is 6.61 Å². The molecule has 0 atom stereocenters. The van der Waals surface area contributed by atoms with E-state index in [0.29, 0.717) is 6.07 Å². The molecule has 0 aliphatic carbocycles. The number of halogens is 2. The van der Waals surface area contributed by atoms with E-state index in [4.69, 9.17) is 9.84 Å². The molecule has 28 heavy (non-hydrogen) atoms. The fourth-order valence-corrected chi connectivity index (χ4v) is 3.97. The summed E-state index contributed by atoms with van der Waals surface area (Å²) >= 11 is 0. The number of aliphatic carboxylic acids is 1. The molecule has 144 valence electrons. The van der Waals surface area contributed by atoms with Crippen LogP contribution in [0.2, 0.25) is 0 Å². The Hall–Kier alpha value is -3.26. The number of hydrogen-bond donors (Lipinski definition) is 1. The second-order valence-electron chi connectivity index (χ2n) is 5.76. The maximum absolute atomic E-state index is 14.7. The molecule has 3 aromatic rings. The van der Waals surface area contributed by atoms with E-state index in [2.05, 4.69) is 0 Å². The van der Waals surface area contributed by atoms with Crippen molar-refractivity contribution in [1.82, 2.24) is 0 Å². The monoisotopic (exact) mass is 404 g/mol. The Kier molecular flexibility index (Phi) is 5.41. The summed E-state index contributed by atoms with van der Waals surface area (Å²) in [4.78, 5) is 9.76. The standard InChI is InChI=1S/C20H14F2O5S/c21-16-11-19(28(25,26)13-6-2-1-3-7-13)17(22)10-15(16)14-8-4-5-9-18(14)27-12-20(23)24/h1-11H,12H2,(H,23,24). The highest BCUT2D eigenvalue weighted by atomic mass is 32.2. The molecule has 8 heteroatoms. The molecule has 0 radical (unpaired) electrons. The van der Waals surface area contributed by atoms with E-state index in [9.17, 15) is 22.0 Å². The van der Waals surface area contributed by atoms with Gasteiger partial charge in [0.2, 0.25) is 9.84 Å². The van der Waals surface area contributed by atoms with Crippen LogP contribution >= 0.6 is 0 Å². The van der Waals surface area contributed by atoms with Crippen molar-refractivity contribution < 1.29 is 31.8 Å². The fraction of sp³-hybridized carbons (Fsp3) is 0.0500. The number of ether oxygens (including phenoxy) is 1. The average Bonchev–Trinajstić information content (AvgIpc) is 2.68. The first kappa shape index (κ1) is 19.5. The minimum atomic E-state index is -4.25. The number of carboxylic acids is 1. The predicted octanol–water partition coefficient (Wildman–Crippen LogP) is 3.93. The van der Waals surface area contributed by atoms with Crippen LogP contribution in [0.4, 0.5) is 8.78 Å². The van der Waals surface area contributed by atoms with Gasteiger partial charge in [0, 0.05) is 11.1 Å². The van der Waals surface area contributed by atoms with Crippen molar-refractivity contribution in [1.29, 1.82) is 0 Å². The lowest BCUT2D eigenvalue weighted by Gasteiger charge is -2.13. The van der Waals surface area contributed by atoms with Gasteiger partial charge in [-0.25, -0.2) is 22.0 Å². The second-order valence-corrected chi connectivity index (χ2v) is 7.68. The van der Waals surface area contributed by atoms with E-state index in [-0.39, 0.29) is 21.8 Å². The number of hydrogen-bond acceptors (Lipinski definition) is 4. The molecule has 3 rings (SSSR count). The molecule has 0 aromatic heterocycles. The zero-order valence-electron chi connectivity index (χ0n) is 14.3. The summed E-state index contributed by atoms with van der Waals surface area (Å²) in [6.07, 6.45) is 0. The van der Waals surface area contributed by atoms with E-state index in [1.807, 2.05) is 0 Å². The lowest BCUT2D eigenvalue weighted by molar-refractivity contribution is -0.139. The van der Waals surface area contributed by atoms with Crippen LogP contribution in [0.3, 0.4) is 0 Å². The maximum Gasteiger partial charge on any atom is 0.341 e. The Labute approximate surface area is 159 Å². The minimum absolute atomic E-state index is 0.0295. The molecule has 0 amide bonds.